The summed E-state index contributed by atoms with van der Waals surface area (Å²) in [7, 11) is -1.68. The Bertz CT molecular complexity index is 3610. The van der Waals surface area contributed by atoms with E-state index >= 15 is 0 Å². The molecule has 3 heterocycles. The molecule has 12 rings (SSSR count). The summed E-state index contributed by atoms with van der Waals surface area (Å²) in [5, 5.41) is 1.54. The Morgan fingerprint density at radius 3 is 1.53 bits per heavy atom. The van der Waals surface area contributed by atoms with Crippen LogP contribution in [0, 0.1) is 10.8 Å². The average molecular weight is 1010 g/mol. The molecule has 1 saturated carbocycles. The van der Waals surface area contributed by atoms with Crippen molar-refractivity contribution < 1.29 is 0 Å². The molecule has 4 aliphatic rings. The number of anilines is 8. The predicted octanol–water partition coefficient (Wildman–Crippen LogP) is 17.3. The van der Waals surface area contributed by atoms with Gasteiger partial charge in [-0.3, -0.25) is 0 Å². The monoisotopic (exact) mass is 1010 g/mol. The van der Waals surface area contributed by atoms with Crippen LogP contribution in [0.25, 0.3) is 22.3 Å². The zero-order chi connectivity index (χ0) is 53.7. The second-order valence-corrected chi connectivity index (χ2v) is 33.0. The molecule has 8 aromatic carbocycles. The minimum Gasteiger partial charge on any atom is -0.334 e. The van der Waals surface area contributed by atoms with Crippen LogP contribution in [-0.2, 0) is 16.2 Å². The van der Waals surface area contributed by atoms with Gasteiger partial charge >= 0.3 is 0 Å². The summed E-state index contributed by atoms with van der Waals surface area (Å²) in [5.41, 5.74) is 22.6. The lowest BCUT2D eigenvalue weighted by Gasteiger charge is -2.61. The van der Waals surface area contributed by atoms with E-state index in [9.17, 15) is 0 Å². The van der Waals surface area contributed by atoms with Crippen molar-refractivity contribution in [3.8, 4) is 22.3 Å². The average Bonchev–Trinajstić information content (AvgIpc) is 3.58. The standard InChI is InChI=1S/C71H78BN3Si/c1-66(2,3)51-29-23-31-54(40-51)74-62-41-52(67(4,5)6)33-36-59(62)72-58-35-32-50(48-26-20-17-21-27-48)39-61(58)73(53-30-22-28-49(38-53)47-24-18-16-19-25-47)63-42-55(43-64(74)65(63)72)75-60-37-34-56(76(13,14)15)44-57(60)70(11)45-68(7,8)69(9,10)46-71(70,75)12/h16-44H,45-46H2,1-15H3. The van der Waals surface area contributed by atoms with Crippen LogP contribution in [-0.4, -0.2) is 20.3 Å². The van der Waals surface area contributed by atoms with Crippen LogP contribution in [0.4, 0.5) is 45.5 Å². The molecule has 0 amide bonds. The van der Waals surface area contributed by atoms with Crippen LogP contribution in [0.2, 0.25) is 19.6 Å². The zero-order valence-electron chi connectivity index (χ0n) is 48.1. The molecule has 1 fully saturated rings. The molecule has 384 valence electrons. The van der Waals surface area contributed by atoms with Gasteiger partial charge in [-0.15, -0.1) is 0 Å². The number of fused-ring (bicyclic) bond motifs is 7. The molecule has 5 heteroatoms. The second-order valence-electron chi connectivity index (χ2n) is 27.9. The first-order valence-corrected chi connectivity index (χ1v) is 31.6. The Morgan fingerprint density at radius 1 is 0.421 bits per heavy atom. The number of hydrogen-bond acceptors (Lipinski definition) is 3. The van der Waals surface area contributed by atoms with Gasteiger partial charge in [0.05, 0.1) is 13.6 Å². The fraction of sp³-hybridized carbons (Fsp3) is 0.324. The summed E-state index contributed by atoms with van der Waals surface area (Å²) in [6, 6.07) is 68.3. The van der Waals surface area contributed by atoms with Gasteiger partial charge in [0.15, 0.2) is 0 Å². The van der Waals surface area contributed by atoms with Crippen LogP contribution in [0.1, 0.15) is 113 Å². The van der Waals surface area contributed by atoms with Crippen molar-refractivity contribution in [3.63, 3.8) is 0 Å². The minimum absolute atomic E-state index is 0.0288. The molecule has 76 heavy (non-hydrogen) atoms. The summed E-state index contributed by atoms with van der Waals surface area (Å²) in [6.45, 7) is 37.1. The predicted molar refractivity (Wildman–Crippen MR) is 333 cm³/mol. The van der Waals surface area contributed by atoms with E-state index < -0.39 is 8.07 Å². The molecule has 2 atom stereocenters. The van der Waals surface area contributed by atoms with Crippen molar-refractivity contribution in [2.24, 2.45) is 10.8 Å². The highest BCUT2D eigenvalue weighted by Crippen LogP contribution is 2.68. The third kappa shape index (κ3) is 7.72. The van der Waals surface area contributed by atoms with E-state index in [1.807, 2.05) is 0 Å². The smallest absolute Gasteiger partial charge is 0.252 e. The summed E-state index contributed by atoms with van der Waals surface area (Å²) < 4.78 is 0. The van der Waals surface area contributed by atoms with E-state index in [0.717, 1.165) is 18.5 Å². The zero-order valence-corrected chi connectivity index (χ0v) is 49.1. The lowest BCUT2D eigenvalue weighted by Crippen LogP contribution is -2.63. The van der Waals surface area contributed by atoms with E-state index in [-0.39, 0.29) is 39.3 Å². The first-order chi connectivity index (χ1) is 35.8. The highest BCUT2D eigenvalue weighted by molar-refractivity contribution is 7.00. The van der Waals surface area contributed by atoms with Gasteiger partial charge in [0, 0.05) is 50.9 Å². The normalized spacial score (nSPS) is 20.1. The maximum absolute atomic E-state index is 2.86. The maximum atomic E-state index is 2.86. The molecule has 0 spiro atoms. The van der Waals surface area contributed by atoms with Gasteiger partial charge in [-0.1, -0.05) is 222 Å². The van der Waals surface area contributed by atoms with Crippen LogP contribution in [0.5, 0.6) is 0 Å². The molecule has 0 saturated heterocycles. The highest BCUT2D eigenvalue weighted by Gasteiger charge is 2.65. The molecular formula is C71H78BN3Si. The number of rotatable bonds is 6. The molecule has 2 unspecified atom stereocenters. The van der Waals surface area contributed by atoms with Crippen LogP contribution in [0.15, 0.2) is 176 Å². The molecule has 3 aliphatic heterocycles. The summed E-state index contributed by atoms with van der Waals surface area (Å²) >= 11 is 0. The lowest BCUT2D eigenvalue weighted by molar-refractivity contribution is -0.0311. The van der Waals surface area contributed by atoms with Gasteiger partial charge in [0.2, 0.25) is 0 Å². The second kappa shape index (κ2) is 17.0. The minimum atomic E-state index is -1.68. The number of hydrogen-bond donors (Lipinski definition) is 0. The summed E-state index contributed by atoms with van der Waals surface area (Å²) in [4.78, 5) is 8.17. The fourth-order valence-corrected chi connectivity index (χ4v) is 15.3. The third-order valence-corrected chi connectivity index (χ3v) is 21.3. The van der Waals surface area contributed by atoms with E-state index in [1.54, 1.807) is 0 Å². The van der Waals surface area contributed by atoms with Crippen molar-refractivity contribution in [2.45, 2.75) is 137 Å². The van der Waals surface area contributed by atoms with Gasteiger partial charge in [0.1, 0.15) is 0 Å². The van der Waals surface area contributed by atoms with Gasteiger partial charge in [-0.25, -0.2) is 0 Å². The third-order valence-electron chi connectivity index (χ3n) is 19.3. The Labute approximate surface area is 457 Å². The van der Waals surface area contributed by atoms with Gasteiger partial charge < -0.3 is 14.7 Å². The Kier molecular flexibility index (Phi) is 11.2. The van der Waals surface area contributed by atoms with Gasteiger partial charge in [-0.2, -0.15) is 0 Å². The van der Waals surface area contributed by atoms with Gasteiger partial charge in [-0.05, 0) is 151 Å². The fourth-order valence-electron chi connectivity index (χ4n) is 14.2. The molecule has 8 aromatic rings. The van der Waals surface area contributed by atoms with Crippen LogP contribution in [0.3, 0.4) is 0 Å². The van der Waals surface area contributed by atoms with Crippen molar-refractivity contribution in [2.75, 3.05) is 14.7 Å². The summed E-state index contributed by atoms with van der Waals surface area (Å²) in [5.74, 6) is 0. The molecular weight excluding hydrogens is 934 g/mol. The number of nitrogens with zero attached hydrogens (tertiary/aromatic N) is 3. The van der Waals surface area contributed by atoms with E-state index in [0.29, 0.717) is 0 Å². The van der Waals surface area contributed by atoms with Gasteiger partial charge in [0.25, 0.3) is 6.71 Å². The highest BCUT2D eigenvalue weighted by atomic mass is 28.3. The lowest BCUT2D eigenvalue weighted by atomic mass is 9.33. The largest absolute Gasteiger partial charge is 0.334 e. The van der Waals surface area contributed by atoms with E-state index in [4.69, 9.17) is 0 Å². The Balaban J connectivity index is 1.23. The molecule has 3 nitrogen and oxygen atoms in total. The molecule has 0 bridgehead atoms. The Morgan fingerprint density at radius 2 is 0.934 bits per heavy atom. The number of benzene rings is 8. The quantitative estimate of drug-likeness (QED) is 0.154. The van der Waals surface area contributed by atoms with Crippen LogP contribution >= 0.6 is 0 Å². The maximum Gasteiger partial charge on any atom is 0.252 e. The molecule has 0 aromatic heterocycles. The molecule has 0 radical (unpaired) electrons. The molecule has 1 aliphatic carbocycles. The van der Waals surface area contributed by atoms with Crippen LogP contribution < -0.4 is 36.3 Å². The molecule has 0 N–H and O–H groups in total. The topological polar surface area (TPSA) is 9.72 Å². The van der Waals surface area contributed by atoms with Crippen molar-refractivity contribution in [3.05, 3.63) is 193 Å². The van der Waals surface area contributed by atoms with E-state index in [1.165, 1.54) is 100 Å². The van der Waals surface area contributed by atoms with Crippen molar-refractivity contribution in [1.29, 1.82) is 0 Å². The summed E-state index contributed by atoms with van der Waals surface area (Å²) in [6.07, 6.45) is 2.15. The van der Waals surface area contributed by atoms with E-state index in [2.05, 4.69) is 293 Å². The van der Waals surface area contributed by atoms with Crippen molar-refractivity contribution >= 4 is 81.9 Å². The SMILES string of the molecule is CC(C)(C)c1cccc(N2c3cc(C(C)(C)C)ccc3B3c4ccc(-c5ccccc5)cc4N(c4cccc(-c5ccccc5)c4)c4cc(N5c6ccc([Si](C)(C)C)cc6C6(C)CC(C)(C)C(C)(C)CC56C)cc2c43)c1. The van der Waals surface area contributed by atoms with Crippen molar-refractivity contribution in [1.82, 2.24) is 0 Å². The first-order valence-electron chi connectivity index (χ1n) is 28.1. The first kappa shape index (κ1) is 50.3. The Hall–Kier alpha value is -6.56.